The number of nitrogens with zero attached hydrogens (tertiary/aromatic N) is 2. The number of rotatable bonds is 5. The molecule has 140 valence electrons. The van der Waals surface area contributed by atoms with E-state index in [1.54, 1.807) is 13.8 Å². The average Bonchev–Trinajstić information content (AvgIpc) is 3.21. The van der Waals surface area contributed by atoms with Gasteiger partial charge in [-0.2, -0.15) is 4.31 Å². The Labute approximate surface area is 153 Å². The highest BCUT2D eigenvalue weighted by Gasteiger charge is 2.42. The fourth-order valence-corrected chi connectivity index (χ4v) is 5.10. The summed E-state index contributed by atoms with van der Waals surface area (Å²) in [7, 11) is -3.86. The van der Waals surface area contributed by atoms with Crippen molar-refractivity contribution >= 4 is 16.0 Å². The lowest BCUT2D eigenvalue weighted by Crippen LogP contribution is -2.41. The lowest BCUT2D eigenvalue weighted by molar-refractivity contribution is -0.148. The molecule has 0 amide bonds. The van der Waals surface area contributed by atoms with Gasteiger partial charge in [-0.15, -0.1) is 0 Å². The highest BCUT2D eigenvalue weighted by atomic mass is 32.2. The van der Waals surface area contributed by atoms with Crippen molar-refractivity contribution in [3.8, 4) is 0 Å². The van der Waals surface area contributed by atoms with Gasteiger partial charge >= 0.3 is 5.97 Å². The molecule has 1 aliphatic rings. The molecule has 26 heavy (non-hydrogen) atoms. The Morgan fingerprint density at radius 1 is 1.27 bits per heavy atom. The Balaban J connectivity index is 1.75. The number of carbonyl (C=O) groups excluding carboxylic acids is 1. The predicted octanol–water partition coefficient (Wildman–Crippen LogP) is 2.50. The van der Waals surface area contributed by atoms with Crippen LogP contribution in [-0.4, -0.2) is 36.4 Å². The molecule has 1 saturated heterocycles. The number of hydrogen-bond donors (Lipinski definition) is 0. The van der Waals surface area contributed by atoms with Crippen molar-refractivity contribution in [2.24, 2.45) is 0 Å². The molecule has 2 heterocycles. The summed E-state index contributed by atoms with van der Waals surface area (Å²) in [6.07, 6.45) is 1.04. The van der Waals surface area contributed by atoms with Crippen LogP contribution in [0.25, 0.3) is 0 Å². The summed E-state index contributed by atoms with van der Waals surface area (Å²) in [5.74, 6) is -0.306. The van der Waals surface area contributed by atoms with Crippen molar-refractivity contribution in [3.63, 3.8) is 0 Å². The van der Waals surface area contributed by atoms with Crippen LogP contribution in [0.4, 0.5) is 0 Å². The summed E-state index contributed by atoms with van der Waals surface area (Å²) in [4.78, 5) is 12.6. The normalized spacial score (nSPS) is 18.2. The fourth-order valence-electron chi connectivity index (χ4n) is 3.16. The van der Waals surface area contributed by atoms with Crippen LogP contribution in [0.1, 0.15) is 35.4 Å². The van der Waals surface area contributed by atoms with Crippen LogP contribution in [-0.2, 0) is 26.2 Å². The monoisotopic (exact) mass is 378 g/mol. The topological polar surface area (TPSA) is 89.7 Å². The average molecular weight is 378 g/mol. The van der Waals surface area contributed by atoms with E-state index in [-0.39, 0.29) is 23.8 Å². The van der Waals surface area contributed by atoms with Gasteiger partial charge in [-0.3, -0.25) is 4.79 Å². The standard InChI is InChI=1S/C18H22N2O5S/c1-12-6-8-15(9-7-12)11-24-18(21)16-5-4-10-20(16)26(22,23)17-13(2)19-25-14(17)3/h6-9,16H,4-5,10-11H2,1-3H3/t16-/m0/s1. The smallest absolute Gasteiger partial charge is 0.324 e. The van der Waals surface area contributed by atoms with Crippen molar-refractivity contribution in [2.45, 2.75) is 51.2 Å². The maximum atomic E-state index is 13.0. The molecule has 1 aromatic carbocycles. The second-order valence-electron chi connectivity index (χ2n) is 6.52. The van der Waals surface area contributed by atoms with Gasteiger partial charge in [-0.05, 0) is 39.2 Å². The number of ether oxygens (including phenoxy) is 1. The number of hydrogen-bond acceptors (Lipinski definition) is 6. The van der Waals surface area contributed by atoms with Gasteiger partial charge in [0.05, 0.1) is 0 Å². The number of esters is 1. The first-order valence-corrected chi connectivity index (χ1v) is 9.91. The van der Waals surface area contributed by atoms with Gasteiger partial charge in [0.1, 0.15) is 23.2 Å². The molecule has 0 N–H and O–H groups in total. The van der Waals surface area contributed by atoms with Crippen LogP contribution < -0.4 is 0 Å². The maximum Gasteiger partial charge on any atom is 0.324 e. The van der Waals surface area contributed by atoms with Gasteiger partial charge in [0.2, 0.25) is 10.0 Å². The molecule has 1 atom stereocenters. The minimum absolute atomic E-state index is 0.0377. The third kappa shape index (κ3) is 3.52. The number of sulfonamides is 1. The van der Waals surface area contributed by atoms with Crippen molar-refractivity contribution in [1.29, 1.82) is 0 Å². The summed E-state index contributed by atoms with van der Waals surface area (Å²) >= 11 is 0. The van der Waals surface area contributed by atoms with Gasteiger partial charge in [0.25, 0.3) is 0 Å². The van der Waals surface area contributed by atoms with Crippen LogP contribution in [0.3, 0.4) is 0 Å². The van der Waals surface area contributed by atoms with Crippen molar-refractivity contribution in [3.05, 3.63) is 46.8 Å². The molecule has 7 nitrogen and oxygen atoms in total. The first-order chi connectivity index (χ1) is 12.3. The minimum Gasteiger partial charge on any atom is -0.460 e. The van der Waals surface area contributed by atoms with E-state index in [0.29, 0.717) is 18.5 Å². The molecule has 0 spiro atoms. The van der Waals surface area contributed by atoms with E-state index in [1.807, 2.05) is 31.2 Å². The summed E-state index contributed by atoms with van der Waals surface area (Å²) < 4.78 is 37.5. The molecule has 0 aliphatic carbocycles. The zero-order chi connectivity index (χ0) is 18.9. The molecule has 1 fully saturated rings. The predicted molar refractivity (Wildman–Crippen MR) is 93.9 cm³/mol. The first kappa shape index (κ1) is 18.6. The second-order valence-corrected chi connectivity index (χ2v) is 8.35. The summed E-state index contributed by atoms with van der Waals surface area (Å²) in [5.41, 5.74) is 2.27. The fraction of sp³-hybridized carbons (Fsp3) is 0.444. The molecule has 2 aromatic rings. The molecule has 0 saturated carbocycles. The SMILES string of the molecule is Cc1ccc(COC(=O)[C@@H]2CCCN2S(=O)(=O)c2c(C)noc2C)cc1. The van der Waals surface area contributed by atoms with Gasteiger partial charge in [0.15, 0.2) is 5.76 Å². The molecular weight excluding hydrogens is 356 g/mol. The lowest BCUT2D eigenvalue weighted by Gasteiger charge is -2.22. The molecule has 0 radical (unpaired) electrons. The Hall–Kier alpha value is -2.19. The van der Waals surface area contributed by atoms with Gasteiger partial charge < -0.3 is 9.26 Å². The highest BCUT2D eigenvalue weighted by Crippen LogP contribution is 2.30. The van der Waals surface area contributed by atoms with E-state index in [2.05, 4.69) is 5.16 Å². The molecule has 1 aromatic heterocycles. The Morgan fingerprint density at radius 3 is 2.58 bits per heavy atom. The molecule has 8 heteroatoms. The van der Waals surface area contributed by atoms with Crippen LogP contribution in [0.2, 0.25) is 0 Å². The van der Waals surface area contributed by atoms with Gasteiger partial charge in [-0.25, -0.2) is 8.42 Å². The molecule has 1 aliphatic heterocycles. The molecule has 0 unspecified atom stereocenters. The minimum atomic E-state index is -3.86. The quantitative estimate of drug-likeness (QED) is 0.743. The largest absolute Gasteiger partial charge is 0.460 e. The summed E-state index contributed by atoms with van der Waals surface area (Å²) in [6, 6.07) is 6.82. The number of carbonyl (C=O) groups is 1. The number of aryl methyl sites for hydroxylation is 3. The Morgan fingerprint density at radius 2 is 1.96 bits per heavy atom. The van der Waals surface area contributed by atoms with Crippen LogP contribution >= 0.6 is 0 Å². The van der Waals surface area contributed by atoms with Crippen LogP contribution in [0, 0.1) is 20.8 Å². The van der Waals surface area contributed by atoms with E-state index in [0.717, 1.165) is 11.1 Å². The number of benzene rings is 1. The van der Waals surface area contributed by atoms with E-state index < -0.39 is 22.0 Å². The second kappa shape index (κ2) is 7.20. The molecule has 3 rings (SSSR count). The maximum absolute atomic E-state index is 13.0. The third-order valence-electron chi connectivity index (χ3n) is 4.51. The third-order valence-corrected chi connectivity index (χ3v) is 6.67. The molecular formula is C18H22N2O5S. The summed E-state index contributed by atoms with van der Waals surface area (Å²) in [6.45, 7) is 5.50. The highest BCUT2D eigenvalue weighted by molar-refractivity contribution is 7.89. The molecule has 0 bridgehead atoms. The van der Waals surface area contributed by atoms with Crippen molar-refractivity contribution in [2.75, 3.05) is 6.54 Å². The first-order valence-electron chi connectivity index (χ1n) is 8.47. The van der Waals surface area contributed by atoms with E-state index in [9.17, 15) is 13.2 Å². The van der Waals surface area contributed by atoms with Crippen molar-refractivity contribution in [1.82, 2.24) is 9.46 Å². The van der Waals surface area contributed by atoms with Crippen LogP contribution in [0.5, 0.6) is 0 Å². The van der Waals surface area contributed by atoms with E-state index in [1.165, 1.54) is 4.31 Å². The van der Waals surface area contributed by atoms with E-state index >= 15 is 0 Å². The Kier molecular flexibility index (Phi) is 5.15. The number of aromatic nitrogens is 1. The van der Waals surface area contributed by atoms with Gasteiger partial charge in [0, 0.05) is 6.54 Å². The zero-order valence-corrected chi connectivity index (χ0v) is 15.9. The van der Waals surface area contributed by atoms with Crippen LogP contribution in [0.15, 0.2) is 33.7 Å². The Bertz CT molecular complexity index is 883. The zero-order valence-electron chi connectivity index (χ0n) is 15.1. The van der Waals surface area contributed by atoms with Crippen molar-refractivity contribution < 1.29 is 22.5 Å². The summed E-state index contributed by atoms with van der Waals surface area (Å²) in [5, 5.41) is 3.71. The lowest BCUT2D eigenvalue weighted by atomic mass is 10.2. The van der Waals surface area contributed by atoms with Gasteiger partial charge in [-0.1, -0.05) is 35.0 Å². The van der Waals surface area contributed by atoms with E-state index in [4.69, 9.17) is 9.26 Å².